The third kappa shape index (κ3) is 3.76. The van der Waals surface area contributed by atoms with Gasteiger partial charge in [0.05, 0.1) is 5.56 Å². The topological polar surface area (TPSA) is 83.5 Å². The summed E-state index contributed by atoms with van der Waals surface area (Å²) >= 11 is 0. The number of hydrogen-bond acceptors (Lipinski definition) is 4. The monoisotopic (exact) mass is 288 g/mol. The van der Waals surface area contributed by atoms with Crippen molar-refractivity contribution in [3.8, 4) is 0 Å². The highest BCUT2D eigenvalue weighted by atomic mass is 19.1. The molecule has 0 aliphatic carbocycles. The molecular formula is C15H17FN4O. The Bertz CT molecular complexity index is 641. The molecule has 6 heteroatoms. The van der Waals surface area contributed by atoms with Gasteiger partial charge >= 0.3 is 0 Å². The summed E-state index contributed by atoms with van der Waals surface area (Å²) in [6, 6.07) is 8.69. The van der Waals surface area contributed by atoms with E-state index in [0.717, 1.165) is 11.3 Å². The fourth-order valence-corrected chi connectivity index (χ4v) is 1.91. The maximum Gasteiger partial charge on any atom is 0.173 e. The average Bonchev–Trinajstić information content (AvgIpc) is 2.50. The summed E-state index contributed by atoms with van der Waals surface area (Å²) in [5, 5.41) is 14.6. The van der Waals surface area contributed by atoms with E-state index in [1.807, 2.05) is 19.1 Å². The van der Waals surface area contributed by atoms with Crippen LogP contribution < -0.4 is 11.1 Å². The van der Waals surface area contributed by atoms with Crippen LogP contribution in [0.5, 0.6) is 0 Å². The molecule has 0 saturated carbocycles. The minimum Gasteiger partial charge on any atom is -0.409 e. The van der Waals surface area contributed by atoms with Crippen molar-refractivity contribution < 1.29 is 9.60 Å². The predicted octanol–water partition coefficient (Wildman–Crippen LogP) is 1.91. The zero-order valence-corrected chi connectivity index (χ0v) is 11.7. The average molecular weight is 288 g/mol. The third-order valence-corrected chi connectivity index (χ3v) is 3.08. The first-order valence-corrected chi connectivity index (χ1v) is 6.49. The number of nitrogens with zero attached hydrogens (tertiary/aromatic N) is 2. The fourth-order valence-electron chi connectivity index (χ4n) is 1.91. The third-order valence-electron chi connectivity index (χ3n) is 3.08. The number of rotatable bonds is 5. The summed E-state index contributed by atoms with van der Waals surface area (Å²) in [4.78, 5) is 4.20. The maximum absolute atomic E-state index is 14.2. The number of aromatic nitrogens is 1. The van der Waals surface area contributed by atoms with E-state index in [-0.39, 0.29) is 11.4 Å². The van der Waals surface area contributed by atoms with E-state index >= 15 is 0 Å². The highest BCUT2D eigenvalue weighted by molar-refractivity contribution is 5.97. The minimum absolute atomic E-state index is 0.0915. The first-order valence-electron chi connectivity index (χ1n) is 6.49. The van der Waals surface area contributed by atoms with Crippen LogP contribution in [0, 0.1) is 12.7 Å². The molecule has 0 spiro atoms. The SMILES string of the molecule is Cc1ccc(CNCc2cccc(/C(N)=N/O)c2F)cn1. The Morgan fingerprint density at radius 1 is 1.33 bits per heavy atom. The lowest BCUT2D eigenvalue weighted by molar-refractivity contribution is 0.318. The van der Waals surface area contributed by atoms with Crippen molar-refractivity contribution in [1.29, 1.82) is 0 Å². The molecule has 0 radical (unpaired) electrons. The molecule has 0 fully saturated rings. The van der Waals surface area contributed by atoms with E-state index < -0.39 is 5.82 Å². The second-order valence-electron chi connectivity index (χ2n) is 4.68. The van der Waals surface area contributed by atoms with Crippen LogP contribution in [0.3, 0.4) is 0 Å². The van der Waals surface area contributed by atoms with Gasteiger partial charge in [0.15, 0.2) is 5.84 Å². The van der Waals surface area contributed by atoms with E-state index in [4.69, 9.17) is 10.9 Å². The van der Waals surface area contributed by atoms with Crippen LogP contribution in [0.15, 0.2) is 41.7 Å². The van der Waals surface area contributed by atoms with Gasteiger partial charge in [0.2, 0.25) is 0 Å². The van der Waals surface area contributed by atoms with Crippen LogP contribution >= 0.6 is 0 Å². The molecule has 0 unspecified atom stereocenters. The van der Waals surface area contributed by atoms with Crippen molar-refractivity contribution in [1.82, 2.24) is 10.3 Å². The summed E-state index contributed by atoms with van der Waals surface area (Å²) in [5.41, 5.74) is 7.95. The molecular weight excluding hydrogens is 271 g/mol. The van der Waals surface area contributed by atoms with Crippen LogP contribution in [0.4, 0.5) is 4.39 Å². The Balaban J connectivity index is 2.02. The van der Waals surface area contributed by atoms with Gasteiger partial charge in [0.1, 0.15) is 5.82 Å². The van der Waals surface area contributed by atoms with Gasteiger partial charge < -0.3 is 16.3 Å². The summed E-state index contributed by atoms with van der Waals surface area (Å²) in [6.45, 7) is 2.85. The molecule has 0 atom stereocenters. The van der Waals surface area contributed by atoms with E-state index in [0.29, 0.717) is 18.7 Å². The maximum atomic E-state index is 14.2. The number of oxime groups is 1. The minimum atomic E-state index is -0.484. The summed E-state index contributed by atoms with van der Waals surface area (Å²) in [5.74, 6) is -0.723. The number of amidine groups is 1. The molecule has 1 heterocycles. The first kappa shape index (κ1) is 14.9. The Morgan fingerprint density at radius 3 is 2.81 bits per heavy atom. The highest BCUT2D eigenvalue weighted by Crippen LogP contribution is 2.13. The Labute approximate surface area is 122 Å². The Hall–Kier alpha value is -2.47. The van der Waals surface area contributed by atoms with Gasteiger partial charge in [0.25, 0.3) is 0 Å². The lowest BCUT2D eigenvalue weighted by atomic mass is 10.1. The fraction of sp³-hybridized carbons (Fsp3) is 0.200. The van der Waals surface area contributed by atoms with Gasteiger partial charge in [-0.2, -0.15) is 0 Å². The standard InChI is InChI=1S/C15H17FN4O/c1-10-5-6-11(8-19-10)7-18-9-12-3-2-4-13(14(12)16)15(17)20-21/h2-6,8,18,21H,7,9H2,1H3,(H2,17,20). The molecule has 0 aliphatic rings. The van der Waals surface area contributed by atoms with Crippen LogP contribution in [-0.4, -0.2) is 16.0 Å². The molecule has 4 N–H and O–H groups in total. The Kier molecular flexibility index (Phi) is 4.84. The van der Waals surface area contributed by atoms with Crippen molar-refractivity contribution in [2.24, 2.45) is 10.9 Å². The smallest absolute Gasteiger partial charge is 0.173 e. The number of nitrogens with one attached hydrogen (secondary N) is 1. The first-order chi connectivity index (χ1) is 10.1. The number of halogens is 1. The van der Waals surface area contributed by atoms with E-state index in [9.17, 15) is 4.39 Å². The van der Waals surface area contributed by atoms with Gasteiger partial charge in [-0.15, -0.1) is 0 Å². The van der Waals surface area contributed by atoms with Gasteiger partial charge in [-0.05, 0) is 24.6 Å². The van der Waals surface area contributed by atoms with Gasteiger partial charge in [-0.25, -0.2) is 4.39 Å². The molecule has 0 bridgehead atoms. The second-order valence-corrected chi connectivity index (χ2v) is 4.68. The summed E-state index contributed by atoms with van der Waals surface area (Å²) < 4.78 is 14.2. The van der Waals surface area contributed by atoms with E-state index in [1.54, 1.807) is 18.3 Å². The lowest BCUT2D eigenvalue weighted by Crippen LogP contribution is -2.18. The van der Waals surface area contributed by atoms with Crippen molar-refractivity contribution in [2.45, 2.75) is 20.0 Å². The molecule has 0 aliphatic heterocycles. The lowest BCUT2D eigenvalue weighted by Gasteiger charge is -2.09. The molecule has 0 saturated heterocycles. The van der Waals surface area contributed by atoms with Gasteiger partial charge in [-0.1, -0.05) is 23.4 Å². The molecule has 2 aromatic rings. The number of hydrogen-bond donors (Lipinski definition) is 3. The second kappa shape index (κ2) is 6.81. The molecule has 1 aromatic heterocycles. The number of benzene rings is 1. The zero-order chi connectivity index (χ0) is 15.2. The van der Waals surface area contributed by atoms with Gasteiger partial charge in [0, 0.05) is 30.5 Å². The molecule has 1 aromatic carbocycles. The van der Waals surface area contributed by atoms with Crippen molar-refractivity contribution in [3.05, 3.63) is 64.7 Å². The largest absolute Gasteiger partial charge is 0.409 e. The van der Waals surface area contributed by atoms with Crippen molar-refractivity contribution in [2.75, 3.05) is 0 Å². The normalized spacial score (nSPS) is 11.6. The summed E-state index contributed by atoms with van der Waals surface area (Å²) in [7, 11) is 0. The quantitative estimate of drug-likeness (QED) is 0.340. The van der Waals surface area contributed by atoms with Crippen LogP contribution in [0.2, 0.25) is 0 Å². The highest BCUT2D eigenvalue weighted by Gasteiger charge is 2.11. The van der Waals surface area contributed by atoms with Crippen LogP contribution in [0.1, 0.15) is 22.4 Å². The van der Waals surface area contributed by atoms with Crippen molar-refractivity contribution in [3.63, 3.8) is 0 Å². The zero-order valence-electron chi connectivity index (χ0n) is 11.7. The predicted molar refractivity (Wildman–Crippen MR) is 78.4 cm³/mol. The number of nitrogens with two attached hydrogens (primary N) is 1. The van der Waals surface area contributed by atoms with Crippen molar-refractivity contribution >= 4 is 5.84 Å². The van der Waals surface area contributed by atoms with E-state index in [2.05, 4.69) is 15.5 Å². The van der Waals surface area contributed by atoms with Crippen LogP contribution in [0.25, 0.3) is 0 Å². The van der Waals surface area contributed by atoms with E-state index in [1.165, 1.54) is 6.07 Å². The Morgan fingerprint density at radius 2 is 2.14 bits per heavy atom. The number of pyridine rings is 1. The molecule has 2 rings (SSSR count). The molecule has 5 nitrogen and oxygen atoms in total. The molecule has 21 heavy (non-hydrogen) atoms. The number of aryl methyl sites for hydroxylation is 1. The molecule has 110 valence electrons. The molecule has 0 amide bonds. The van der Waals surface area contributed by atoms with Crippen LogP contribution in [-0.2, 0) is 13.1 Å². The van der Waals surface area contributed by atoms with Gasteiger partial charge in [-0.3, -0.25) is 4.98 Å². The summed E-state index contributed by atoms with van der Waals surface area (Å²) in [6.07, 6.45) is 1.78.